The Morgan fingerprint density at radius 2 is 0.961 bits per heavy atom. The first-order chi connectivity index (χ1) is 25.1. The highest BCUT2D eigenvalue weighted by Crippen LogP contribution is 2.73. The van der Waals surface area contributed by atoms with Crippen molar-refractivity contribution in [3.8, 4) is 0 Å². The van der Waals surface area contributed by atoms with Gasteiger partial charge in [0.25, 0.3) is 0 Å². The van der Waals surface area contributed by atoms with Crippen molar-refractivity contribution >= 4 is 17.1 Å². The van der Waals surface area contributed by atoms with Crippen molar-refractivity contribution in [1.29, 1.82) is 0 Å². The summed E-state index contributed by atoms with van der Waals surface area (Å²) in [6.07, 6.45) is 19.1. The summed E-state index contributed by atoms with van der Waals surface area (Å²) in [5.41, 5.74) is 8.87. The van der Waals surface area contributed by atoms with Crippen molar-refractivity contribution in [3.05, 3.63) is 90.0 Å². The highest BCUT2D eigenvalue weighted by molar-refractivity contribution is 5.77. The lowest BCUT2D eigenvalue weighted by molar-refractivity contribution is -0.0132. The lowest BCUT2D eigenvalue weighted by Gasteiger charge is -2.57. The molecule has 4 aliphatic heterocycles. The molecule has 3 aromatic rings. The van der Waals surface area contributed by atoms with Crippen molar-refractivity contribution in [2.75, 3.05) is 31.1 Å². The number of para-hydroxylation sites is 1. The molecule has 0 aromatic heterocycles. The molecule has 10 fully saturated rings. The van der Waals surface area contributed by atoms with Crippen LogP contribution >= 0.6 is 0 Å². The predicted molar refractivity (Wildman–Crippen MR) is 208 cm³/mol. The van der Waals surface area contributed by atoms with Gasteiger partial charge in [-0.25, -0.2) is 0 Å². The van der Waals surface area contributed by atoms with E-state index in [0.29, 0.717) is 45.8 Å². The highest BCUT2D eigenvalue weighted by atomic mass is 15.1. The van der Waals surface area contributed by atoms with E-state index < -0.39 is 0 Å². The second-order valence-electron chi connectivity index (χ2n) is 18.9. The van der Waals surface area contributed by atoms with Crippen LogP contribution in [0.5, 0.6) is 0 Å². The lowest BCUT2D eigenvalue weighted by Crippen LogP contribution is -2.64. The van der Waals surface area contributed by atoms with Crippen LogP contribution in [0.15, 0.2) is 78.9 Å². The molecule has 0 amide bonds. The Hall–Kier alpha value is -2.70. The normalized spacial score (nSPS) is 42.3. The van der Waals surface area contributed by atoms with Gasteiger partial charge in [-0.2, -0.15) is 0 Å². The van der Waals surface area contributed by atoms with E-state index in [1.165, 1.54) is 133 Å². The third-order valence-corrected chi connectivity index (χ3v) is 16.6. The van der Waals surface area contributed by atoms with Crippen LogP contribution in [-0.4, -0.2) is 50.3 Å². The third-order valence-electron chi connectivity index (χ3n) is 16.6. The van der Waals surface area contributed by atoms with E-state index in [0.717, 1.165) is 11.8 Å². The fourth-order valence-electron chi connectivity index (χ4n) is 14.6. The lowest BCUT2D eigenvalue weighted by atomic mass is 9.50. The number of anilines is 3. The first kappa shape index (κ1) is 31.8. The molecule has 6 aliphatic carbocycles. The average Bonchev–Trinajstić information content (AvgIpc) is 3.95. The Kier molecular flexibility index (Phi) is 7.42. The molecule has 3 aromatic carbocycles. The standard InChI is InChI=1S/C46H59N5/c1-2-10-34(11-3-1)51(35-12-4-8-32(26-35)43-18-20-45(28-43,29-43)37-16-24-47-39-14-6-22-49-41(37)39)36-13-5-9-33(27-36)44-19-21-46(30-44,31-44)38-17-25-48-40-15-7-23-50-42(38)40/h1-5,8-13,26-27,37-42,47-50H,6-7,14-25,28-31H2. The first-order valence-corrected chi connectivity index (χ1v) is 21.1. The third kappa shape index (κ3) is 4.86. The fraction of sp³-hybridized carbons (Fsp3) is 0.609. The molecule has 268 valence electrons. The van der Waals surface area contributed by atoms with E-state index in [1.54, 1.807) is 11.1 Å². The quantitative estimate of drug-likeness (QED) is 0.203. The summed E-state index contributed by atoms with van der Waals surface area (Å²) in [6.45, 7) is 4.83. The van der Waals surface area contributed by atoms with Gasteiger partial charge in [0.15, 0.2) is 0 Å². The molecular formula is C46H59N5. The SMILES string of the molecule is c1ccc(N(c2cccc(C34CCC(C5CCNC6CCCNC65)(C3)C4)c2)c2cccc(C34CCC(C5CCNC6CCCNC65)(C3)C4)c2)cc1. The molecule has 0 radical (unpaired) electrons. The minimum Gasteiger partial charge on any atom is -0.312 e. The zero-order chi connectivity index (χ0) is 33.7. The highest BCUT2D eigenvalue weighted by Gasteiger charge is 2.66. The van der Waals surface area contributed by atoms with Gasteiger partial charge in [0, 0.05) is 41.2 Å². The molecule has 6 unspecified atom stereocenters. The second-order valence-corrected chi connectivity index (χ2v) is 18.9. The summed E-state index contributed by atoms with van der Waals surface area (Å²) < 4.78 is 0. The van der Waals surface area contributed by atoms with Crippen molar-refractivity contribution in [2.45, 2.75) is 125 Å². The Labute approximate surface area is 306 Å². The van der Waals surface area contributed by atoms with Gasteiger partial charge in [-0.3, -0.25) is 0 Å². The summed E-state index contributed by atoms with van der Waals surface area (Å²) >= 11 is 0. The molecule has 4 bridgehead atoms. The van der Waals surface area contributed by atoms with E-state index in [-0.39, 0.29) is 0 Å². The van der Waals surface area contributed by atoms with Crippen LogP contribution in [0.25, 0.3) is 0 Å². The monoisotopic (exact) mass is 681 g/mol. The largest absolute Gasteiger partial charge is 0.312 e. The fourth-order valence-corrected chi connectivity index (χ4v) is 14.6. The van der Waals surface area contributed by atoms with E-state index >= 15 is 0 Å². The Bertz CT molecular complexity index is 1640. The summed E-state index contributed by atoms with van der Waals surface area (Å²) in [4.78, 5) is 2.56. The number of nitrogens with zero attached hydrogens (tertiary/aromatic N) is 1. The molecule has 0 spiro atoms. The molecule has 4 saturated heterocycles. The number of hydrogen-bond donors (Lipinski definition) is 4. The maximum atomic E-state index is 4.00. The van der Waals surface area contributed by atoms with Crippen LogP contribution in [-0.2, 0) is 10.8 Å². The molecule has 10 aliphatic rings. The number of hydrogen-bond acceptors (Lipinski definition) is 5. The minimum absolute atomic E-state index is 0.355. The van der Waals surface area contributed by atoms with Gasteiger partial charge >= 0.3 is 0 Å². The second kappa shape index (κ2) is 11.9. The predicted octanol–water partition coefficient (Wildman–Crippen LogP) is 8.24. The average molecular weight is 682 g/mol. The molecule has 5 nitrogen and oxygen atoms in total. The van der Waals surface area contributed by atoms with Gasteiger partial charge in [0.1, 0.15) is 0 Å². The van der Waals surface area contributed by atoms with Crippen molar-refractivity contribution in [3.63, 3.8) is 0 Å². The summed E-state index contributed by atoms with van der Waals surface area (Å²) in [5.74, 6) is 1.67. The minimum atomic E-state index is 0.355. The topological polar surface area (TPSA) is 51.4 Å². The van der Waals surface area contributed by atoms with Crippen LogP contribution in [0.4, 0.5) is 17.1 Å². The molecule has 4 heterocycles. The maximum absolute atomic E-state index is 4.00. The Morgan fingerprint density at radius 1 is 0.471 bits per heavy atom. The van der Waals surface area contributed by atoms with E-state index in [2.05, 4.69) is 105 Å². The first-order valence-electron chi connectivity index (χ1n) is 21.1. The molecule has 6 atom stereocenters. The molecule has 51 heavy (non-hydrogen) atoms. The molecule has 4 N–H and O–H groups in total. The van der Waals surface area contributed by atoms with E-state index in [1.807, 2.05) is 0 Å². The van der Waals surface area contributed by atoms with Gasteiger partial charge in [-0.15, -0.1) is 0 Å². The van der Waals surface area contributed by atoms with Crippen LogP contribution in [0.2, 0.25) is 0 Å². The Morgan fingerprint density at radius 3 is 1.47 bits per heavy atom. The summed E-state index contributed by atoms with van der Waals surface area (Å²) in [5, 5.41) is 15.8. The summed E-state index contributed by atoms with van der Waals surface area (Å²) in [6, 6.07) is 33.5. The van der Waals surface area contributed by atoms with Gasteiger partial charge in [-0.1, -0.05) is 42.5 Å². The maximum Gasteiger partial charge on any atom is 0.0464 e. The number of benzene rings is 3. The van der Waals surface area contributed by atoms with E-state index in [4.69, 9.17) is 0 Å². The molecule has 13 rings (SSSR count). The number of piperidine rings is 4. The van der Waals surface area contributed by atoms with Gasteiger partial charge < -0.3 is 26.2 Å². The van der Waals surface area contributed by atoms with E-state index in [9.17, 15) is 0 Å². The Balaban J connectivity index is 0.876. The van der Waals surface area contributed by atoms with Crippen LogP contribution in [0.3, 0.4) is 0 Å². The number of nitrogens with one attached hydrogen (secondary N) is 4. The smallest absolute Gasteiger partial charge is 0.0464 e. The van der Waals surface area contributed by atoms with Gasteiger partial charge in [0.2, 0.25) is 0 Å². The molecule has 5 heteroatoms. The number of fused-ring (bicyclic) bond motifs is 4. The van der Waals surface area contributed by atoms with Crippen molar-refractivity contribution < 1.29 is 0 Å². The van der Waals surface area contributed by atoms with Gasteiger partial charge in [0.05, 0.1) is 0 Å². The molecule has 6 saturated carbocycles. The van der Waals surface area contributed by atoms with Gasteiger partial charge in [-0.05, 0) is 197 Å². The molecular weight excluding hydrogens is 623 g/mol. The van der Waals surface area contributed by atoms with Crippen molar-refractivity contribution in [2.24, 2.45) is 22.7 Å². The number of rotatable bonds is 7. The summed E-state index contributed by atoms with van der Waals surface area (Å²) in [7, 11) is 0. The zero-order valence-electron chi connectivity index (χ0n) is 30.6. The van der Waals surface area contributed by atoms with Crippen molar-refractivity contribution in [1.82, 2.24) is 21.3 Å². The zero-order valence-corrected chi connectivity index (χ0v) is 30.6. The van der Waals surface area contributed by atoms with Crippen LogP contribution < -0.4 is 26.2 Å². The van der Waals surface area contributed by atoms with Crippen LogP contribution in [0, 0.1) is 22.7 Å². The van der Waals surface area contributed by atoms with Crippen LogP contribution in [0.1, 0.15) is 101 Å².